The number of phenols is 1. The van der Waals surface area contributed by atoms with Crippen LogP contribution >= 0.6 is 0 Å². The molecule has 29 heavy (non-hydrogen) atoms. The Morgan fingerprint density at radius 2 is 1.90 bits per heavy atom. The molecule has 4 aromatic rings. The molecule has 4 rings (SSSR count). The van der Waals surface area contributed by atoms with E-state index >= 15 is 0 Å². The van der Waals surface area contributed by atoms with E-state index in [2.05, 4.69) is 9.97 Å². The molecule has 11 nitrogen and oxygen atoms in total. The molecule has 0 saturated heterocycles. The summed E-state index contributed by atoms with van der Waals surface area (Å²) in [5.41, 5.74) is 4.08. The molecule has 0 aliphatic carbocycles. The van der Waals surface area contributed by atoms with Crippen molar-refractivity contribution in [2.24, 2.45) is 0 Å². The summed E-state index contributed by atoms with van der Waals surface area (Å²) in [7, 11) is 2.63. The van der Waals surface area contributed by atoms with Crippen LogP contribution in [0.4, 0.5) is 5.82 Å². The number of ketones is 1. The van der Waals surface area contributed by atoms with Gasteiger partial charge in [0.15, 0.2) is 11.3 Å². The normalized spacial score (nSPS) is 11.1. The average molecular weight is 398 g/mol. The van der Waals surface area contributed by atoms with Crippen LogP contribution in [-0.2, 0) is 0 Å². The van der Waals surface area contributed by atoms with Gasteiger partial charge in [0, 0.05) is 0 Å². The van der Waals surface area contributed by atoms with E-state index in [0.29, 0.717) is 5.39 Å². The zero-order valence-electron chi connectivity index (χ0n) is 15.2. The fourth-order valence-corrected chi connectivity index (χ4v) is 3.16. The van der Waals surface area contributed by atoms with Crippen LogP contribution in [0.3, 0.4) is 0 Å². The van der Waals surface area contributed by atoms with Gasteiger partial charge in [-0.05, 0) is 12.1 Å². The highest BCUT2D eigenvalue weighted by atomic mass is 16.5. The van der Waals surface area contributed by atoms with E-state index < -0.39 is 22.8 Å². The van der Waals surface area contributed by atoms with Crippen LogP contribution in [0.5, 0.6) is 17.2 Å². The third-order valence-electron chi connectivity index (χ3n) is 4.43. The Morgan fingerprint density at radius 3 is 2.59 bits per heavy atom. The third-order valence-corrected chi connectivity index (χ3v) is 4.43. The maximum Gasteiger partial charge on any atom is 0.327 e. The number of nitrogens with two attached hydrogens (primary N) is 1. The monoisotopic (exact) mass is 398 g/mol. The summed E-state index contributed by atoms with van der Waals surface area (Å²) in [5, 5.41) is 11.0. The quantitative estimate of drug-likeness (QED) is 0.364. The highest BCUT2D eigenvalue weighted by molar-refractivity contribution is 6.19. The number of pyridine rings is 1. The van der Waals surface area contributed by atoms with Crippen LogP contribution in [0.2, 0.25) is 0 Å². The number of hydrogen-bond donors (Lipinski definition) is 4. The van der Waals surface area contributed by atoms with Gasteiger partial charge >= 0.3 is 5.69 Å². The number of furan rings is 1. The summed E-state index contributed by atoms with van der Waals surface area (Å²) in [6.45, 7) is 0. The highest BCUT2D eigenvalue weighted by Gasteiger charge is 2.29. The number of ether oxygens (including phenoxy) is 2. The predicted molar refractivity (Wildman–Crippen MR) is 102 cm³/mol. The lowest BCUT2D eigenvalue weighted by atomic mass is 9.98. The predicted octanol–water partition coefficient (Wildman–Crippen LogP) is 0.894. The van der Waals surface area contributed by atoms with Gasteiger partial charge in [-0.15, -0.1) is 0 Å². The number of H-pyrrole nitrogens is 2. The Hall–Kier alpha value is -4.28. The molecule has 0 bridgehead atoms. The standard InChI is InChI=1S/C18H14N4O7/c1-27-12-6-3-4-29-13(6)14(28-2)11(24)9(12)10(23)7-5-8-16(20-15(7)19)21-18(26)22-17(8)25/h3-5,24H,1-2H3,(H4,19,20,21,22,25,26). The molecule has 0 fully saturated rings. The Morgan fingerprint density at radius 1 is 1.17 bits per heavy atom. The average Bonchev–Trinajstić information content (AvgIpc) is 3.15. The topological polar surface area (TPSA) is 174 Å². The molecule has 0 spiro atoms. The number of hydrogen-bond acceptors (Lipinski definition) is 9. The Bertz CT molecular complexity index is 1410. The number of nitrogens with zero attached hydrogens (tertiary/aromatic N) is 1. The summed E-state index contributed by atoms with van der Waals surface area (Å²) in [6, 6.07) is 2.73. The van der Waals surface area contributed by atoms with Crippen molar-refractivity contribution in [1.82, 2.24) is 15.0 Å². The maximum absolute atomic E-state index is 13.3. The van der Waals surface area contributed by atoms with Gasteiger partial charge in [-0.3, -0.25) is 19.6 Å². The molecule has 0 atom stereocenters. The first-order chi connectivity index (χ1) is 13.9. The van der Waals surface area contributed by atoms with Crippen molar-refractivity contribution in [2.45, 2.75) is 0 Å². The molecule has 0 aliphatic rings. The molecular weight excluding hydrogens is 384 g/mol. The number of carbonyl (C=O) groups is 1. The van der Waals surface area contributed by atoms with E-state index in [0.717, 1.165) is 0 Å². The number of nitrogens with one attached hydrogen (secondary N) is 2. The van der Waals surface area contributed by atoms with Crippen LogP contribution in [-0.4, -0.2) is 40.1 Å². The van der Waals surface area contributed by atoms with Gasteiger partial charge in [-0.25, -0.2) is 9.78 Å². The Labute approximate surface area is 160 Å². The Balaban J connectivity index is 2.04. The van der Waals surface area contributed by atoms with Crippen molar-refractivity contribution >= 4 is 33.6 Å². The summed E-state index contributed by atoms with van der Waals surface area (Å²) in [6.07, 6.45) is 1.35. The number of benzene rings is 1. The smallest absolute Gasteiger partial charge is 0.327 e. The molecule has 0 unspecified atom stereocenters. The first-order valence-electron chi connectivity index (χ1n) is 8.19. The molecule has 0 aliphatic heterocycles. The van der Waals surface area contributed by atoms with Crippen LogP contribution in [0.15, 0.2) is 32.4 Å². The second-order valence-electron chi connectivity index (χ2n) is 6.01. The van der Waals surface area contributed by atoms with Gasteiger partial charge in [0.25, 0.3) is 5.56 Å². The number of aromatic nitrogens is 3. The van der Waals surface area contributed by atoms with Gasteiger partial charge in [0.1, 0.15) is 22.8 Å². The van der Waals surface area contributed by atoms with Crippen molar-refractivity contribution in [3.63, 3.8) is 0 Å². The molecule has 3 aromatic heterocycles. The van der Waals surface area contributed by atoms with Crippen molar-refractivity contribution < 1.29 is 23.8 Å². The number of rotatable bonds is 4. The van der Waals surface area contributed by atoms with E-state index in [1.165, 1.54) is 26.5 Å². The van der Waals surface area contributed by atoms with E-state index in [1.54, 1.807) is 6.07 Å². The summed E-state index contributed by atoms with van der Waals surface area (Å²) in [5.74, 6) is -1.57. The number of carbonyl (C=O) groups excluding carboxylic acids is 1. The number of aromatic amines is 2. The van der Waals surface area contributed by atoms with Crippen LogP contribution < -0.4 is 26.5 Å². The molecule has 1 aromatic carbocycles. The number of methoxy groups -OCH3 is 2. The van der Waals surface area contributed by atoms with Gasteiger partial charge in [0.2, 0.25) is 11.5 Å². The van der Waals surface area contributed by atoms with E-state index in [4.69, 9.17) is 19.6 Å². The molecule has 0 radical (unpaired) electrons. The van der Waals surface area contributed by atoms with Crippen molar-refractivity contribution in [1.29, 1.82) is 0 Å². The second kappa shape index (κ2) is 6.41. The first-order valence-corrected chi connectivity index (χ1v) is 8.19. The molecule has 5 N–H and O–H groups in total. The van der Waals surface area contributed by atoms with E-state index in [1.807, 2.05) is 4.98 Å². The summed E-state index contributed by atoms with van der Waals surface area (Å²) in [4.78, 5) is 45.1. The summed E-state index contributed by atoms with van der Waals surface area (Å²) < 4.78 is 15.8. The fourth-order valence-electron chi connectivity index (χ4n) is 3.16. The molecule has 11 heteroatoms. The molecule has 3 heterocycles. The van der Waals surface area contributed by atoms with Crippen molar-refractivity contribution in [3.05, 3.63) is 50.4 Å². The number of phenolic OH excluding ortho intramolecular Hbond substituents is 1. The van der Waals surface area contributed by atoms with Crippen LogP contribution in [0, 0.1) is 0 Å². The van der Waals surface area contributed by atoms with Gasteiger partial charge < -0.3 is 24.7 Å². The highest BCUT2D eigenvalue weighted by Crippen LogP contribution is 2.46. The fraction of sp³-hybridized carbons (Fsp3) is 0.111. The van der Waals surface area contributed by atoms with Gasteiger partial charge in [-0.2, -0.15) is 0 Å². The van der Waals surface area contributed by atoms with Gasteiger partial charge in [0.05, 0.1) is 36.8 Å². The third kappa shape index (κ3) is 2.59. The van der Waals surface area contributed by atoms with Crippen LogP contribution in [0.25, 0.3) is 22.0 Å². The molecule has 148 valence electrons. The molecule has 0 amide bonds. The SMILES string of the molecule is COc1c(C(=O)c2cc3c(=O)[nH]c(=O)[nH]c3nc2N)c(O)c(OC)c2occc12. The lowest BCUT2D eigenvalue weighted by molar-refractivity contribution is 0.103. The lowest BCUT2D eigenvalue weighted by Crippen LogP contribution is -2.23. The number of nitrogen functional groups attached to an aromatic ring is 1. The molecule has 0 saturated carbocycles. The molecular formula is C18H14N4O7. The maximum atomic E-state index is 13.3. The minimum absolute atomic E-state index is 0.0342. The number of anilines is 1. The zero-order valence-corrected chi connectivity index (χ0v) is 15.2. The number of aromatic hydroxyl groups is 1. The number of fused-ring (bicyclic) bond motifs is 2. The summed E-state index contributed by atoms with van der Waals surface area (Å²) >= 11 is 0. The van der Waals surface area contributed by atoms with E-state index in [-0.39, 0.29) is 45.1 Å². The zero-order chi connectivity index (χ0) is 20.9. The van der Waals surface area contributed by atoms with Crippen molar-refractivity contribution in [3.8, 4) is 17.2 Å². The minimum Gasteiger partial charge on any atom is -0.504 e. The van der Waals surface area contributed by atoms with E-state index in [9.17, 15) is 19.5 Å². The second-order valence-corrected chi connectivity index (χ2v) is 6.01. The lowest BCUT2D eigenvalue weighted by Gasteiger charge is -2.15. The van der Waals surface area contributed by atoms with Crippen molar-refractivity contribution in [2.75, 3.05) is 20.0 Å². The largest absolute Gasteiger partial charge is 0.504 e. The van der Waals surface area contributed by atoms with Gasteiger partial charge in [-0.1, -0.05) is 0 Å². The Kier molecular flexibility index (Phi) is 4.00. The first kappa shape index (κ1) is 18.1. The minimum atomic E-state index is -0.766. The van der Waals surface area contributed by atoms with Crippen LogP contribution in [0.1, 0.15) is 15.9 Å².